The van der Waals surface area contributed by atoms with Crippen LogP contribution in [0.4, 0.5) is 19.0 Å². The van der Waals surface area contributed by atoms with Gasteiger partial charge in [-0.2, -0.15) is 13.2 Å². The molecule has 3 aromatic heterocycles. The van der Waals surface area contributed by atoms with Gasteiger partial charge in [-0.05, 0) is 42.7 Å². The third-order valence-corrected chi connectivity index (χ3v) is 4.99. The molecule has 0 aliphatic heterocycles. The number of nitrogens with zero attached hydrogens (tertiary/aromatic N) is 3. The van der Waals surface area contributed by atoms with Gasteiger partial charge in [0.05, 0.1) is 0 Å². The molecule has 25 heavy (non-hydrogen) atoms. The molecule has 0 atom stereocenters. The number of imidazole rings is 1. The van der Waals surface area contributed by atoms with Gasteiger partial charge in [0.15, 0.2) is 5.69 Å². The molecule has 3 heterocycles. The SMILES string of the molecule is FC(F)(F)c1cn2c(NCC3(c4ccncc4)CCC3)cccc2n1. The van der Waals surface area contributed by atoms with E-state index in [0.29, 0.717) is 12.4 Å². The Morgan fingerprint density at radius 1 is 1.12 bits per heavy atom. The van der Waals surface area contributed by atoms with Crippen molar-refractivity contribution in [2.24, 2.45) is 0 Å². The first-order valence-corrected chi connectivity index (χ1v) is 8.18. The maximum absolute atomic E-state index is 12.9. The van der Waals surface area contributed by atoms with Gasteiger partial charge in [0.2, 0.25) is 0 Å². The van der Waals surface area contributed by atoms with Crippen LogP contribution in [-0.2, 0) is 11.6 Å². The van der Waals surface area contributed by atoms with Gasteiger partial charge < -0.3 is 5.32 Å². The van der Waals surface area contributed by atoms with E-state index < -0.39 is 11.9 Å². The first kappa shape index (κ1) is 15.9. The Morgan fingerprint density at radius 2 is 1.88 bits per heavy atom. The number of nitrogens with one attached hydrogen (secondary N) is 1. The Kier molecular flexibility index (Phi) is 3.67. The van der Waals surface area contributed by atoms with Gasteiger partial charge in [0.1, 0.15) is 11.5 Å². The summed E-state index contributed by atoms with van der Waals surface area (Å²) < 4.78 is 40.2. The molecule has 4 rings (SSSR count). The van der Waals surface area contributed by atoms with Gasteiger partial charge in [0, 0.05) is 30.6 Å². The molecule has 1 saturated carbocycles. The Balaban J connectivity index is 1.62. The number of alkyl halides is 3. The fourth-order valence-corrected chi connectivity index (χ4v) is 3.43. The maximum Gasteiger partial charge on any atom is 0.434 e. The predicted octanol–water partition coefficient (Wildman–Crippen LogP) is 4.28. The minimum atomic E-state index is -4.45. The highest BCUT2D eigenvalue weighted by Crippen LogP contribution is 2.43. The van der Waals surface area contributed by atoms with Crippen LogP contribution in [0.25, 0.3) is 5.65 Å². The average molecular weight is 346 g/mol. The summed E-state index contributed by atoms with van der Waals surface area (Å²) in [7, 11) is 0. The van der Waals surface area contributed by atoms with Crippen LogP contribution >= 0.6 is 0 Å². The van der Waals surface area contributed by atoms with Crippen molar-refractivity contribution in [2.45, 2.75) is 30.9 Å². The van der Waals surface area contributed by atoms with Gasteiger partial charge in [-0.1, -0.05) is 12.5 Å². The summed E-state index contributed by atoms with van der Waals surface area (Å²) in [5, 5.41) is 3.33. The molecule has 1 aliphatic carbocycles. The zero-order valence-corrected chi connectivity index (χ0v) is 13.4. The van der Waals surface area contributed by atoms with E-state index in [-0.39, 0.29) is 11.1 Å². The summed E-state index contributed by atoms with van der Waals surface area (Å²) in [4.78, 5) is 7.73. The van der Waals surface area contributed by atoms with Gasteiger partial charge in [-0.3, -0.25) is 9.38 Å². The molecule has 0 amide bonds. The van der Waals surface area contributed by atoms with E-state index in [1.807, 2.05) is 12.1 Å². The lowest BCUT2D eigenvalue weighted by atomic mass is 9.64. The minimum Gasteiger partial charge on any atom is -0.370 e. The second kappa shape index (κ2) is 5.75. The fraction of sp³-hybridized carbons (Fsp3) is 0.333. The van der Waals surface area contributed by atoms with E-state index in [9.17, 15) is 13.2 Å². The van der Waals surface area contributed by atoms with E-state index in [1.165, 1.54) is 9.96 Å². The average Bonchev–Trinajstić information content (AvgIpc) is 3.00. The van der Waals surface area contributed by atoms with E-state index in [0.717, 1.165) is 25.5 Å². The highest BCUT2D eigenvalue weighted by molar-refractivity contribution is 5.52. The topological polar surface area (TPSA) is 42.2 Å². The number of anilines is 1. The largest absolute Gasteiger partial charge is 0.434 e. The molecule has 0 unspecified atom stereocenters. The van der Waals surface area contributed by atoms with Gasteiger partial charge >= 0.3 is 6.18 Å². The minimum absolute atomic E-state index is 0.0124. The normalized spacial score (nSPS) is 16.6. The molecule has 0 spiro atoms. The molecule has 7 heteroatoms. The monoisotopic (exact) mass is 346 g/mol. The summed E-state index contributed by atoms with van der Waals surface area (Å²) in [6.45, 7) is 0.662. The van der Waals surface area contributed by atoms with Crippen LogP contribution in [0.2, 0.25) is 0 Å². The molecule has 1 N–H and O–H groups in total. The third kappa shape index (κ3) is 2.83. The Morgan fingerprint density at radius 3 is 2.52 bits per heavy atom. The van der Waals surface area contributed by atoms with Crippen molar-refractivity contribution < 1.29 is 13.2 Å². The van der Waals surface area contributed by atoms with Crippen molar-refractivity contribution in [1.82, 2.24) is 14.4 Å². The van der Waals surface area contributed by atoms with Crippen LogP contribution < -0.4 is 5.32 Å². The molecule has 0 saturated heterocycles. The fourth-order valence-electron chi connectivity index (χ4n) is 3.43. The molecule has 4 nitrogen and oxygen atoms in total. The van der Waals surface area contributed by atoms with Crippen LogP contribution in [0, 0.1) is 0 Å². The zero-order valence-electron chi connectivity index (χ0n) is 13.4. The molecule has 1 fully saturated rings. The first-order chi connectivity index (χ1) is 12.0. The van der Waals surface area contributed by atoms with Crippen molar-refractivity contribution in [3.05, 3.63) is 60.2 Å². The third-order valence-electron chi connectivity index (χ3n) is 4.99. The number of halogens is 3. The number of aromatic nitrogens is 3. The van der Waals surface area contributed by atoms with Crippen molar-refractivity contribution in [2.75, 3.05) is 11.9 Å². The smallest absolute Gasteiger partial charge is 0.370 e. The number of hydrogen-bond acceptors (Lipinski definition) is 3. The maximum atomic E-state index is 12.9. The summed E-state index contributed by atoms with van der Waals surface area (Å²) in [5.41, 5.74) is 0.631. The highest BCUT2D eigenvalue weighted by Gasteiger charge is 2.38. The van der Waals surface area contributed by atoms with Crippen LogP contribution in [0.15, 0.2) is 48.9 Å². The van der Waals surface area contributed by atoms with Gasteiger partial charge in [-0.15, -0.1) is 0 Å². The summed E-state index contributed by atoms with van der Waals surface area (Å²) >= 11 is 0. The van der Waals surface area contributed by atoms with Crippen molar-refractivity contribution in [3.8, 4) is 0 Å². The van der Waals surface area contributed by atoms with Crippen LogP contribution in [-0.4, -0.2) is 20.9 Å². The molecule has 1 aliphatic rings. The zero-order chi connectivity index (χ0) is 17.5. The Hall–Kier alpha value is -2.57. The van der Waals surface area contributed by atoms with Gasteiger partial charge in [-0.25, -0.2) is 4.98 Å². The Bertz CT molecular complexity index is 882. The lowest BCUT2D eigenvalue weighted by Gasteiger charge is -2.42. The van der Waals surface area contributed by atoms with E-state index in [4.69, 9.17) is 0 Å². The number of rotatable bonds is 4. The molecule has 3 aromatic rings. The second-order valence-corrected chi connectivity index (χ2v) is 6.49. The van der Waals surface area contributed by atoms with Crippen molar-refractivity contribution in [3.63, 3.8) is 0 Å². The highest BCUT2D eigenvalue weighted by atomic mass is 19.4. The lowest BCUT2D eigenvalue weighted by Crippen LogP contribution is -2.41. The van der Waals surface area contributed by atoms with Crippen molar-refractivity contribution >= 4 is 11.5 Å². The number of pyridine rings is 2. The molecule has 0 radical (unpaired) electrons. The molecule has 130 valence electrons. The summed E-state index contributed by atoms with van der Waals surface area (Å²) in [6.07, 6.45) is 3.41. The quantitative estimate of drug-likeness (QED) is 0.767. The number of fused-ring (bicyclic) bond motifs is 1. The van der Waals surface area contributed by atoms with Crippen LogP contribution in [0.3, 0.4) is 0 Å². The summed E-state index contributed by atoms with van der Waals surface area (Å²) in [5.74, 6) is 0.612. The molecule has 0 aromatic carbocycles. The van der Waals surface area contributed by atoms with Crippen LogP contribution in [0.1, 0.15) is 30.5 Å². The van der Waals surface area contributed by atoms with Gasteiger partial charge in [0.25, 0.3) is 0 Å². The van der Waals surface area contributed by atoms with E-state index >= 15 is 0 Å². The van der Waals surface area contributed by atoms with E-state index in [1.54, 1.807) is 30.6 Å². The second-order valence-electron chi connectivity index (χ2n) is 6.49. The predicted molar refractivity (Wildman–Crippen MR) is 88.4 cm³/mol. The molecular formula is C18H17F3N4. The summed E-state index contributed by atoms with van der Waals surface area (Å²) in [6, 6.07) is 9.08. The first-order valence-electron chi connectivity index (χ1n) is 8.18. The van der Waals surface area contributed by atoms with Crippen LogP contribution in [0.5, 0.6) is 0 Å². The molecular weight excluding hydrogens is 329 g/mol. The Labute approximate surface area is 142 Å². The molecule has 0 bridgehead atoms. The van der Waals surface area contributed by atoms with Crippen molar-refractivity contribution in [1.29, 1.82) is 0 Å². The number of hydrogen-bond donors (Lipinski definition) is 1. The lowest BCUT2D eigenvalue weighted by molar-refractivity contribution is -0.140. The van der Waals surface area contributed by atoms with E-state index in [2.05, 4.69) is 15.3 Å². The standard InChI is InChI=1S/C18H17F3N4/c19-18(20,21)14-11-25-15(3-1-4-16(25)24-14)23-12-17(7-2-8-17)13-5-9-22-10-6-13/h1,3-6,9-11,23H,2,7-8,12H2.